The van der Waals surface area contributed by atoms with Crippen molar-refractivity contribution in [1.29, 1.82) is 0 Å². The Bertz CT molecular complexity index is 614. The molecule has 0 saturated carbocycles. The van der Waals surface area contributed by atoms with E-state index in [-0.39, 0.29) is 6.54 Å². The number of aliphatic hydroxyl groups is 3. The number of nitrogens with one attached hydrogen (secondary N) is 1. The van der Waals surface area contributed by atoms with Crippen molar-refractivity contribution in [3.63, 3.8) is 0 Å². The Labute approximate surface area is 122 Å². The van der Waals surface area contributed by atoms with Crippen molar-refractivity contribution in [2.24, 2.45) is 0 Å². The summed E-state index contributed by atoms with van der Waals surface area (Å²) in [5.74, 6) is -0.544. The number of Topliss-reactive ketones (excluding diaryl/α,β-unsaturated/α-hetero) is 1. The number of fused-ring (bicyclic) bond motifs is 1. The smallest absolute Gasteiger partial charge is 0.177 e. The number of aliphatic hydroxyl groups excluding tert-OH is 3. The van der Waals surface area contributed by atoms with Crippen LogP contribution < -0.4 is 5.32 Å². The van der Waals surface area contributed by atoms with Gasteiger partial charge in [0.2, 0.25) is 0 Å². The maximum Gasteiger partial charge on any atom is 0.177 e. The second-order valence-electron chi connectivity index (χ2n) is 4.95. The van der Waals surface area contributed by atoms with E-state index in [4.69, 9.17) is 5.11 Å². The molecule has 4 N–H and O–H groups in total. The first-order valence-electron chi connectivity index (χ1n) is 6.80. The zero-order valence-electron chi connectivity index (χ0n) is 11.6. The van der Waals surface area contributed by atoms with Crippen LogP contribution in [0.4, 0.5) is 0 Å². The van der Waals surface area contributed by atoms with Gasteiger partial charge in [-0.3, -0.25) is 4.79 Å². The van der Waals surface area contributed by atoms with Gasteiger partial charge in [0, 0.05) is 6.54 Å². The van der Waals surface area contributed by atoms with E-state index in [1.807, 2.05) is 42.5 Å². The van der Waals surface area contributed by atoms with Gasteiger partial charge in [0.25, 0.3) is 0 Å². The summed E-state index contributed by atoms with van der Waals surface area (Å²) in [5.41, 5.74) is 1.03. The summed E-state index contributed by atoms with van der Waals surface area (Å²) in [4.78, 5) is 11.6. The number of ketones is 1. The third-order valence-electron chi connectivity index (χ3n) is 3.32. The summed E-state index contributed by atoms with van der Waals surface area (Å²) >= 11 is 0. The molecule has 0 aliphatic heterocycles. The third-order valence-corrected chi connectivity index (χ3v) is 3.32. The Kier molecular flexibility index (Phi) is 5.41. The summed E-state index contributed by atoms with van der Waals surface area (Å²) in [6.07, 6.45) is -2.99. The van der Waals surface area contributed by atoms with Crippen molar-refractivity contribution >= 4 is 16.6 Å². The van der Waals surface area contributed by atoms with Crippen LogP contribution >= 0.6 is 0 Å². The molecule has 0 aliphatic rings. The molecule has 0 aromatic heterocycles. The summed E-state index contributed by atoms with van der Waals surface area (Å²) < 4.78 is 0. The lowest BCUT2D eigenvalue weighted by Gasteiger charge is -2.14. The molecule has 2 rings (SSSR count). The molecule has 5 heteroatoms. The van der Waals surface area contributed by atoms with Crippen LogP contribution in [0.15, 0.2) is 42.5 Å². The maximum absolute atomic E-state index is 11.6. The predicted octanol–water partition coefficient (Wildman–Crippen LogP) is 0.213. The van der Waals surface area contributed by atoms with E-state index in [0.29, 0.717) is 6.54 Å². The van der Waals surface area contributed by atoms with Gasteiger partial charge in [0.15, 0.2) is 5.78 Å². The first kappa shape index (κ1) is 15.6. The average molecular weight is 289 g/mol. The van der Waals surface area contributed by atoms with Gasteiger partial charge in [-0.05, 0) is 22.4 Å². The highest BCUT2D eigenvalue weighted by Crippen LogP contribution is 2.15. The molecule has 0 amide bonds. The standard InChI is InChI=1S/C16H19NO4/c18-10-15(20)16(21)14(19)9-17-8-11-5-6-12-3-1-2-4-13(12)7-11/h1-7,15-18,20-21H,8-10H2/t15?,16-/m0/s1. The minimum atomic E-state index is -1.56. The lowest BCUT2D eigenvalue weighted by Crippen LogP contribution is -2.41. The van der Waals surface area contributed by atoms with E-state index in [1.165, 1.54) is 0 Å². The molecule has 1 unspecified atom stereocenters. The number of hydrogen-bond acceptors (Lipinski definition) is 5. The van der Waals surface area contributed by atoms with Crippen molar-refractivity contribution in [3.05, 3.63) is 48.0 Å². The summed E-state index contributed by atoms with van der Waals surface area (Å²) in [5, 5.41) is 32.5. The predicted molar refractivity (Wildman–Crippen MR) is 79.8 cm³/mol. The minimum Gasteiger partial charge on any atom is -0.394 e. The van der Waals surface area contributed by atoms with Crippen molar-refractivity contribution < 1.29 is 20.1 Å². The molecule has 112 valence electrons. The second kappa shape index (κ2) is 7.28. The van der Waals surface area contributed by atoms with E-state index in [0.717, 1.165) is 16.3 Å². The Hall–Kier alpha value is -1.79. The molecule has 21 heavy (non-hydrogen) atoms. The number of carbonyl (C=O) groups excluding carboxylic acids is 1. The van der Waals surface area contributed by atoms with Crippen LogP contribution in [0, 0.1) is 0 Å². The van der Waals surface area contributed by atoms with Crippen molar-refractivity contribution in [2.45, 2.75) is 18.8 Å². The van der Waals surface area contributed by atoms with E-state index in [1.54, 1.807) is 0 Å². The molecular formula is C16H19NO4. The van der Waals surface area contributed by atoms with E-state index < -0.39 is 24.6 Å². The average Bonchev–Trinajstić information content (AvgIpc) is 2.53. The monoisotopic (exact) mass is 289 g/mol. The molecule has 2 atom stereocenters. The maximum atomic E-state index is 11.6. The van der Waals surface area contributed by atoms with Gasteiger partial charge in [-0.2, -0.15) is 0 Å². The molecule has 0 radical (unpaired) electrons. The fourth-order valence-corrected chi connectivity index (χ4v) is 2.10. The molecule has 0 heterocycles. The molecule has 5 nitrogen and oxygen atoms in total. The van der Waals surface area contributed by atoms with Crippen LogP contribution in [0.25, 0.3) is 10.8 Å². The highest BCUT2D eigenvalue weighted by molar-refractivity contribution is 5.85. The van der Waals surface area contributed by atoms with Gasteiger partial charge in [0.05, 0.1) is 13.2 Å². The zero-order chi connectivity index (χ0) is 15.2. The number of hydrogen-bond donors (Lipinski definition) is 4. The van der Waals surface area contributed by atoms with E-state index >= 15 is 0 Å². The van der Waals surface area contributed by atoms with Gasteiger partial charge in [-0.15, -0.1) is 0 Å². The second-order valence-corrected chi connectivity index (χ2v) is 4.95. The van der Waals surface area contributed by atoms with Crippen molar-refractivity contribution in [2.75, 3.05) is 13.2 Å². The van der Waals surface area contributed by atoms with Crippen LogP contribution in [-0.4, -0.2) is 46.5 Å². The minimum absolute atomic E-state index is 0.0644. The quantitative estimate of drug-likeness (QED) is 0.585. The highest BCUT2D eigenvalue weighted by atomic mass is 16.4. The van der Waals surface area contributed by atoms with Gasteiger partial charge < -0.3 is 20.6 Å². The van der Waals surface area contributed by atoms with Crippen LogP contribution in [-0.2, 0) is 11.3 Å². The molecule has 0 aliphatic carbocycles. The van der Waals surface area contributed by atoms with Gasteiger partial charge in [0.1, 0.15) is 12.2 Å². The van der Waals surface area contributed by atoms with Crippen molar-refractivity contribution in [1.82, 2.24) is 5.32 Å². The van der Waals surface area contributed by atoms with Crippen molar-refractivity contribution in [3.8, 4) is 0 Å². The first-order valence-corrected chi connectivity index (χ1v) is 6.80. The molecule has 0 spiro atoms. The van der Waals surface area contributed by atoms with Crippen LogP contribution in [0.5, 0.6) is 0 Å². The Morgan fingerprint density at radius 3 is 2.52 bits per heavy atom. The molecule has 2 aromatic rings. The lowest BCUT2D eigenvalue weighted by atomic mass is 10.1. The summed E-state index contributed by atoms with van der Waals surface area (Å²) in [6, 6.07) is 14.0. The van der Waals surface area contributed by atoms with E-state index in [2.05, 4.69) is 5.32 Å². The number of carbonyl (C=O) groups is 1. The van der Waals surface area contributed by atoms with Crippen LogP contribution in [0.3, 0.4) is 0 Å². The van der Waals surface area contributed by atoms with Gasteiger partial charge >= 0.3 is 0 Å². The first-order chi connectivity index (χ1) is 10.1. The van der Waals surface area contributed by atoms with Crippen LogP contribution in [0.2, 0.25) is 0 Å². The Morgan fingerprint density at radius 1 is 1.10 bits per heavy atom. The van der Waals surface area contributed by atoms with Gasteiger partial charge in [-0.25, -0.2) is 0 Å². The lowest BCUT2D eigenvalue weighted by molar-refractivity contribution is -0.133. The largest absolute Gasteiger partial charge is 0.394 e. The molecule has 0 bridgehead atoms. The highest BCUT2D eigenvalue weighted by Gasteiger charge is 2.22. The zero-order valence-corrected chi connectivity index (χ0v) is 11.6. The summed E-state index contributed by atoms with van der Waals surface area (Å²) in [7, 11) is 0. The number of benzene rings is 2. The fourth-order valence-electron chi connectivity index (χ4n) is 2.10. The molecule has 0 saturated heterocycles. The SMILES string of the molecule is O=C(CNCc1ccc2ccccc2c1)[C@H](O)C(O)CO. The third kappa shape index (κ3) is 4.09. The number of rotatable bonds is 7. The topological polar surface area (TPSA) is 89.8 Å². The Morgan fingerprint density at radius 2 is 1.81 bits per heavy atom. The molecule has 0 fully saturated rings. The van der Waals surface area contributed by atoms with Crippen LogP contribution in [0.1, 0.15) is 5.56 Å². The Balaban J connectivity index is 1.89. The van der Waals surface area contributed by atoms with Gasteiger partial charge in [-0.1, -0.05) is 36.4 Å². The molecule has 2 aromatic carbocycles. The summed E-state index contributed by atoms with van der Waals surface area (Å²) in [6.45, 7) is -0.221. The van der Waals surface area contributed by atoms with E-state index in [9.17, 15) is 15.0 Å². The normalized spacial score (nSPS) is 14.0. The molecular weight excluding hydrogens is 270 g/mol. The fraction of sp³-hybridized carbons (Fsp3) is 0.312.